The molecule has 2 aromatic rings. The van der Waals surface area contributed by atoms with Gasteiger partial charge in [-0.1, -0.05) is 38.9 Å². The molecule has 0 aliphatic heterocycles. The third-order valence-electron chi connectivity index (χ3n) is 5.51. The van der Waals surface area contributed by atoms with E-state index in [2.05, 4.69) is 53.4 Å². The maximum Gasteiger partial charge on any atom is 0.191 e. The van der Waals surface area contributed by atoms with E-state index in [0.717, 1.165) is 66.6 Å². The van der Waals surface area contributed by atoms with Crippen molar-refractivity contribution in [2.45, 2.75) is 53.6 Å². The summed E-state index contributed by atoms with van der Waals surface area (Å²) in [5.41, 5.74) is 3.19. The average molecular weight is 574 g/mol. The van der Waals surface area contributed by atoms with Crippen LogP contribution in [0.5, 0.6) is 11.5 Å². The van der Waals surface area contributed by atoms with Crippen molar-refractivity contribution in [2.24, 2.45) is 4.99 Å². The Labute approximate surface area is 215 Å². The molecule has 186 valence electrons. The number of guanidine groups is 1. The van der Waals surface area contributed by atoms with Gasteiger partial charge in [0.1, 0.15) is 12.4 Å². The Morgan fingerprint density at radius 1 is 1.06 bits per heavy atom. The third kappa shape index (κ3) is 8.69. The Bertz CT molecular complexity index is 831. The number of benzene rings is 1. The van der Waals surface area contributed by atoms with Gasteiger partial charge in [-0.3, -0.25) is 4.99 Å². The van der Waals surface area contributed by atoms with Crippen LogP contribution < -0.4 is 20.1 Å². The highest BCUT2D eigenvalue weighted by molar-refractivity contribution is 14.0. The molecular weight excluding hydrogens is 533 g/mol. The molecule has 0 atom stereocenters. The highest BCUT2D eigenvalue weighted by Gasteiger charge is 2.14. The van der Waals surface area contributed by atoms with Crippen LogP contribution in [0.2, 0.25) is 0 Å². The summed E-state index contributed by atoms with van der Waals surface area (Å²) in [6, 6.07) is 6.00. The molecule has 0 aliphatic carbocycles. The fourth-order valence-electron chi connectivity index (χ4n) is 3.48. The fraction of sp³-hybridized carbons (Fsp3) is 0.583. The number of hydrogen-bond acceptors (Lipinski definition) is 6. The van der Waals surface area contributed by atoms with Gasteiger partial charge in [0.2, 0.25) is 0 Å². The minimum absolute atomic E-state index is 0. The first-order valence-electron chi connectivity index (χ1n) is 11.5. The molecule has 1 aromatic heterocycles. The first-order chi connectivity index (χ1) is 15.6. The largest absolute Gasteiger partial charge is 0.493 e. The van der Waals surface area contributed by atoms with Crippen LogP contribution in [-0.2, 0) is 25.9 Å². The number of methoxy groups -OCH3 is 1. The highest BCUT2D eigenvalue weighted by atomic mass is 127. The van der Waals surface area contributed by atoms with Gasteiger partial charge in [-0.25, -0.2) is 0 Å². The van der Waals surface area contributed by atoms with Crippen molar-refractivity contribution < 1.29 is 14.0 Å². The van der Waals surface area contributed by atoms with Crippen molar-refractivity contribution in [3.63, 3.8) is 0 Å². The lowest BCUT2D eigenvalue weighted by Crippen LogP contribution is -2.36. The normalized spacial score (nSPS) is 11.3. The zero-order chi connectivity index (χ0) is 23.3. The smallest absolute Gasteiger partial charge is 0.191 e. The Hall–Kier alpha value is -2.01. The van der Waals surface area contributed by atoms with Gasteiger partial charge in [0.25, 0.3) is 0 Å². The van der Waals surface area contributed by atoms with E-state index < -0.39 is 0 Å². The van der Waals surface area contributed by atoms with E-state index in [-0.39, 0.29) is 24.0 Å². The molecule has 2 rings (SSSR count). The zero-order valence-electron chi connectivity index (χ0n) is 20.9. The summed E-state index contributed by atoms with van der Waals surface area (Å²) in [5, 5.41) is 10.9. The number of aromatic nitrogens is 1. The lowest BCUT2D eigenvalue weighted by molar-refractivity contribution is 0.217. The van der Waals surface area contributed by atoms with E-state index in [1.807, 2.05) is 18.2 Å². The van der Waals surface area contributed by atoms with Crippen molar-refractivity contribution in [2.75, 3.05) is 40.4 Å². The highest BCUT2D eigenvalue weighted by Crippen LogP contribution is 2.28. The molecule has 8 nitrogen and oxygen atoms in total. The van der Waals surface area contributed by atoms with Crippen molar-refractivity contribution in [3.8, 4) is 11.5 Å². The standard InChI is InChI=1S/C24H39N5O3.HI/c1-7-20-19(21(8-2)32-28-20)17-27-24(25-5)26-16-18-11-12-22(23(15-18)30-6)31-14-13-29(9-3)10-4;/h11-12,15H,7-10,13-14,16-17H2,1-6H3,(H2,25,26,27);1H. The van der Waals surface area contributed by atoms with Crippen LogP contribution in [-0.4, -0.2) is 56.4 Å². The SMILES string of the molecule is CCc1noc(CC)c1CNC(=NC)NCc1ccc(OCCN(CC)CC)c(OC)c1.I. The summed E-state index contributed by atoms with van der Waals surface area (Å²) in [5.74, 6) is 3.13. The van der Waals surface area contributed by atoms with E-state index in [0.29, 0.717) is 25.7 Å². The minimum Gasteiger partial charge on any atom is -0.493 e. The zero-order valence-corrected chi connectivity index (χ0v) is 23.2. The van der Waals surface area contributed by atoms with Crippen LogP contribution in [0.3, 0.4) is 0 Å². The molecule has 0 unspecified atom stereocenters. The number of nitrogens with zero attached hydrogens (tertiary/aromatic N) is 3. The van der Waals surface area contributed by atoms with E-state index >= 15 is 0 Å². The topological polar surface area (TPSA) is 84.2 Å². The molecule has 0 aliphatic rings. The lowest BCUT2D eigenvalue weighted by atomic mass is 10.1. The summed E-state index contributed by atoms with van der Waals surface area (Å²) in [4.78, 5) is 6.66. The summed E-state index contributed by atoms with van der Waals surface area (Å²) in [6.07, 6.45) is 1.66. The number of rotatable bonds is 13. The summed E-state index contributed by atoms with van der Waals surface area (Å²) >= 11 is 0. The van der Waals surface area contributed by atoms with Crippen LogP contribution in [0.1, 0.15) is 50.3 Å². The second-order valence-corrected chi connectivity index (χ2v) is 7.38. The molecule has 1 aromatic carbocycles. The summed E-state index contributed by atoms with van der Waals surface area (Å²) in [7, 11) is 3.43. The first-order valence-corrected chi connectivity index (χ1v) is 11.5. The summed E-state index contributed by atoms with van der Waals surface area (Å²) in [6.45, 7) is 13.3. The molecule has 0 amide bonds. The van der Waals surface area contributed by atoms with E-state index in [9.17, 15) is 0 Å². The number of aryl methyl sites for hydroxylation is 2. The minimum atomic E-state index is 0. The molecule has 0 saturated carbocycles. The van der Waals surface area contributed by atoms with Gasteiger partial charge in [0, 0.05) is 38.7 Å². The first kappa shape index (κ1) is 29.0. The van der Waals surface area contributed by atoms with Crippen LogP contribution in [0.4, 0.5) is 0 Å². The number of likely N-dealkylation sites (N-methyl/N-ethyl adjacent to an activating group) is 1. The Morgan fingerprint density at radius 3 is 2.39 bits per heavy atom. The van der Waals surface area contributed by atoms with Crippen LogP contribution >= 0.6 is 24.0 Å². The number of hydrogen-bond donors (Lipinski definition) is 2. The van der Waals surface area contributed by atoms with Gasteiger partial charge < -0.3 is 29.5 Å². The van der Waals surface area contributed by atoms with E-state index in [4.69, 9.17) is 14.0 Å². The Kier molecular flexibility index (Phi) is 13.9. The van der Waals surface area contributed by atoms with Gasteiger partial charge in [-0.15, -0.1) is 24.0 Å². The molecule has 0 fully saturated rings. The lowest BCUT2D eigenvalue weighted by Gasteiger charge is -2.19. The van der Waals surface area contributed by atoms with Gasteiger partial charge in [0.15, 0.2) is 17.5 Å². The van der Waals surface area contributed by atoms with Crippen LogP contribution in [0, 0.1) is 0 Å². The maximum absolute atomic E-state index is 5.95. The number of nitrogens with one attached hydrogen (secondary N) is 2. The number of ether oxygens (including phenoxy) is 2. The molecule has 0 radical (unpaired) electrons. The van der Waals surface area contributed by atoms with Gasteiger partial charge in [-0.2, -0.15) is 0 Å². The average Bonchev–Trinajstić information content (AvgIpc) is 3.24. The third-order valence-corrected chi connectivity index (χ3v) is 5.51. The Morgan fingerprint density at radius 2 is 1.79 bits per heavy atom. The molecule has 9 heteroatoms. The van der Waals surface area contributed by atoms with Crippen molar-refractivity contribution in [1.29, 1.82) is 0 Å². The second-order valence-electron chi connectivity index (χ2n) is 7.38. The molecule has 0 saturated heterocycles. The van der Waals surface area contributed by atoms with E-state index in [1.54, 1.807) is 14.2 Å². The molecule has 0 bridgehead atoms. The van der Waals surface area contributed by atoms with Crippen molar-refractivity contribution in [3.05, 3.63) is 40.8 Å². The number of halogens is 1. The monoisotopic (exact) mass is 573 g/mol. The fourth-order valence-corrected chi connectivity index (χ4v) is 3.48. The van der Waals surface area contributed by atoms with Crippen LogP contribution in [0.15, 0.2) is 27.7 Å². The molecule has 33 heavy (non-hydrogen) atoms. The number of aliphatic imine (C=N–C) groups is 1. The summed E-state index contributed by atoms with van der Waals surface area (Å²) < 4.78 is 16.9. The molecule has 1 heterocycles. The van der Waals surface area contributed by atoms with E-state index in [1.165, 1.54) is 0 Å². The predicted octanol–water partition coefficient (Wildman–Crippen LogP) is 4.01. The molecule has 0 spiro atoms. The predicted molar refractivity (Wildman–Crippen MR) is 144 cm³/mol. The molecule has 2 N–H and O–H groups in total. The Balaban J connectivity index is 0.00000544. The van der Waals surface area contributed by atoms with Gasteiger partial charge in [-0.05, 0) is 37.2 Å². The maximum atomic E-state index is 5.95. The second kappa shape index (κ2) is 15.8. The van der Waals surface area contributed by atoms with Gasteiger partial charge >= 0.3 is 0 Å². The van der Waals surface area contributed by atoms with Crippen LogP contribution in [0.25, 0.3) is 0 Å². The molecular formula is C24H40IN5O3. The quantitative estimate of drug-likeness (QED) is 0.213. The van der Waals surface area contributed by atoms with Gasteiger partial charge in [0.05, 0.1) is 12.8 Å². The van der Waals surface area contributed by atoms with Crippen molar-refractivity contribution >= 4 is 29.9 Å². The van der Waals surface area contributed by atoms with Crippen molar-refractivity contribution in [1.82, 2.24) is 20.7 Å².